The van der Waals surface area contributed by atoms with Crippen LogP contribution in [0.3, 0.4) is 0 Å². The molecule has 1 atom stereocenters. The van der Waals surface area contributed by atoms with E-state index in [1.54, 1.807) is 0 Å². The molecule has 0 amide bonds. The molecular weight excluding hydrogens is 230 g/mol. The van der Waals surface area contributed by atoms with Crippen molar-refractivity contribution < 1.29 is 0 Å². The third-order valence-electron chi connectivity index (χ3n) is 3.99. The zero-order chi connectivity index (χ0) is 13.8. The predicted molar refractivity (Wildman–Crippen MR) is 84.5 cm³/mol. The molecule has 0 N–H and O–H groups in total. The maximum Gasteiger partial charge on any atom is 0.0270 e. The van der Waals surface area contributed by atoms with Crippen LogP contribution in [0.5, 0.6) is 0 Å². The first kappa shape index (κ1) is 16.2. The summed E-state index contributed by atoms with van der Waals surface area (Å²) in [6.45, 7) is 4.57. The lowest BCUT2D eigenvalue weighted by molar-refractivity contribution is 0.497. The van der Waals surface area contributed by atoms with Gasteiger partial charge in [0, 0.05) is 12.4 Å². The number of rotatable bonds is 11. The first-order valence-corrected chi connectivity index (χ1v) is 8.28. The Hall–Kier alpha value is -0.850. The Morgan fingerprint density at radius 1 is 0.789 bits per heavy atom. The monoisotopic (exact) mass is 261 g/mol. The van der Waals surface area contributed by atoms with Crippen molar-refractivity contribution in [3.63, 3.8) is 0 Å². The van der Waals surface area contributed by atoms with Gasteiger partial charge in [0.2, 0.25) is 0 Å². The van der Waals surface area contributed by atoms with E-state index < -0.39 is 0 Å². The minimum absolute atomic E-state index is 0.760. The number of unbranched alkanes of at least 4 members (excludes halogenated alkanes) is 6. The van der Waals surface area contributed by atoms with E-state index in [-0.39, 0.29) is 0 Å². The van der Waals surface area contributed by atoms with E-state index in [4.69, 9.17) is 0 Å². The largest absolute Gasteiger partial charge is 0.265 e. The molecule has 19 heavy (non-hydrogen) atoms. The van der Waals surface area contributed by atoms with Crippen LogP contribution >= 0.6 is 0 Å². The van der Waals surface area contributed by atoms with Gasteiger partial charge in [-0.25, -0.2) is 0 Å². The van der Waals surface area contributed by atoms with Gasteiger partial charge < -0.3 is 0 Å². The molecule has 0 aliphatic rings. The molecule has 1 heteroatoms. The minimum atomic E-state index is 0.760. The molecule has 0 fully saturated rings. The van der Waals surface area contributed by atoms with Crippen molar-refractivity contribution in [1.82, 2.24) is 4.98 Å². The number of nitrogens with zero attached hydrogens (tertiary/aromatic N) is 1. The van der Waals surface area contributed by atoms with Gasteiger partial charge in [0.25, 0.3) is 0 Å². The van der Waals surface area contributed by atoms with Gasteiger partial charge in [0.05, 0.1) is 0 Å². The van der Waals surface area contributed by atoms with Crippen molar-refractivity contribution in [2.75, 3.05) is 0 Å². The maximum atomic E-state index is 4.15. The third kappa shape index (κ3) is 7.34. The summed E-state index contributed by atoms with van der Waals surface area (Å²) in [6.07, 6.45) is 17.6. The molecular formula is C18H31N. The molecule has 0 aliphatic carbocycles. The average Bonchev–Trinajstić information content (AvgIpc) is 2.46. The zero-order valence-corrected chi connectivity index (χ0v) is 12.9. The first-order valence-electron chi connectivity index (χ1n) is 8.28. The zero-order valence-electron chi connectivity index (χ0n) is 12.9. The average molecular weight is 261 g/mol. The SMILES string of the molecule is CCCCCCCC(CCCCC)c1ccncc1. The summed E-state index contributed by atoms with van der Waals surface area (Å²) in [4.78, 5) is 4.15. The molecule has 0 bridgehead atoms. The Morgan fingerprint density at radius 2 is 1.32 bits per heavy atom. The van der Waals surface area contributed by atoms with Gasteiger partial charge in [0.15, 0.2) is 0 Å². The standard InChI is InChI=1S/C18H31N/c1-3-5-7-8-10-12-17(11-9-6-4-2)18-13-15-19-16-14-18/h13-17H,3-12H2,1-2H3. The van der Waals surface area contributed by atoms with Gasteiger partial charge in [0.1, 0.15) is 0 Å². The number of pyridine rings is 1. The second-order valence-electron chi connectivity index (χ2n) is 5.68. The van der Waals surface area contributed by atoms with E-state index >= 15 is 0 Å². The van der Waals surface area contributed by atoms with Crippen LogP contribution in [0, 0.1) is 0 Å². The molecule has 0 aliphatic heterocycles. The Bertz CT molecular complexity index is 294. The van der Waals surface area contributed by atoms with Crippen molar-refractivity contribution in [2.24, 2.45) is 0 Å². The minimum Gasteiger partial charge on any atom is -0.265 e. The van der Waals surface area contributed by atoms with Gasteiger partial charge in [-0.05, 0) is 36.5 Å². The summed E-state index contributed by atoms with van der Waals surface area (Å²) in [5.74, 6) is 0.760. The second kappa shape index (κ2) is 11.0. The van der Waals surface area contributed by atoms with Crippen molar-refractivity contribution in [2.45, 2.75) is 84.0 Å². The van der Waals surface area contributed by atoms with E-state index in [0.717, 1.165) is 5.92 Å². The van der Waals surface area contributed by atoms with Crippen LogP contribution in [-0.2, 0) is 0 Å². The molecule has 1 heterocycles. The lowest BCUT2D eigenvalue weighted by atomic mass is 9.89. The highest BCUT2D eigenvalue weighted by molar-refractivity contribution is 5.15. The molecule has 1 aromatic heterocycles. The fraction of sp³-hybridized carbons (Fsp3) is 0.722. The van der Waals surface area contributed by atoms with Crippen molar-refractivity contribution >= 4 is 0 Å². The van der Waals surface area contributed by atoms with Gasteiger partial charge in [-0.1, -0.05) is 65.2 Å². The molecule has 108 valence electrons. The summed E-state index contributed by atoms with van der Waals surface area (Å²) in [6, 6.07) is 4.42. The highest BCUT2D eigenvalue weighted by Crippen LogP contribution is 2.27. The van der Waals surface area contributed by atoms with Gasteiger partial charge >= 0.3 is 0 Å². The molecule has 1 aromatic rings. The van der Waals surface area contributed by atoms with Crippen LogP contribution < -0.4 is 0 Å². The summed E-state index contributed by atoms with van der Waals surface area (Å²) >= 11 is 0. The summed E-state index contributed by atoms with van der Waals surface area (Å²) in [5.41, 5.74) is 1.50. The maximum absolute atomic E-state index is 4.15. The molecule has 0 radical (unpaired) electrons. The van der Waals surface area contributed by atoms with Gasteiger partial charge in [-0.3, -0.25) is 4.98 Å². The van der Waals surface area contributed by atoms with Crippen molar-refractivity contribution in [3.8, 4) is 0 Å². The van der Waals surface area contributed by atoms with Crippen LogP contribution in [0.2, 0.25) is 0 Å². The molecule has 0 saturated heterocycles. The van der Waals surface area contributed by atoms with Crippen LogP contribution in [0.1, 0.15) is 89.5 Å². The Morgan fingerprint density at radius 3 is 1.95 bits per heavy atom. The Kier molecular flexibility index (Phi) is 9.40. The topological polar surface area (TPSA) is 12.9 Å². The highest BCUT2D eigenvalue weighted by atomic mass is 14.6. The quantitative estimate of drug-likeness (QED) is 0.438. The third-order valence-corrected chi connectivity index (χ3v) is 3.99. The smallest absolute Gasteiger partial charge is 0.0270 e. The van der Waals surface area contributed by atoms with E-state index in [1.165, 1.54) is 69.8 Å². The highest BCUT2D eigenvalue weighted by Gasteiger charge is 2.10. The predicted octanol–water partition coefficient (Wildman–Crippen LogP) is 6.11. The molecule has 0 spiro atoms. The van der Waals surface area contributed by atoms with Crippen LogP contribution in [0.25, 0.3) is 0 Å². The number of hydrogen-bond donors (Lipinski definition) is 0. The summed E-state index contributed by atoms with van der Waals surface area (Å²) in [7, 11) is 0. The molecule has 0 saturated carbocycles. The molecule has 0 aromatic carbocycles. The summed E-state index contributed by atoms with van der Waals surface area (Å²) < 4.78 is 0. The normalized spacial score (nSPS) is 12.5. The Balaban J connectivity index is 2.36. The number of hydrogen-bond acceptors (Lipinski definition) is 1. The summed E-state index contributed by atoms with van der Waals surface area (Å²) in [5, 5.41) is 0. The fourth-order valence-electron chi connectivity index (χ4n) is 2.75. The van der Waals surface area contributed by atoms with Crippen LogP contribution in [0.4, 0.5) is 0 Å². The van der Waals surface area contributed by atoms with E-state index in [1.807, 2.05) is 12.4 Å². The van der Waals surface area contributed by atoms with E-state index in [2.05, 4.69) is 31.0 Å². The lowest BCUT2D eigenvalue weighted by Crippen LogP contribution is -2.00. The van der Waals surface area contributed by atoms with E-state index in [9.17, 15) is 0 Å². The van der Waals surface area contributed by atoms with Crippen LogP contribution in [-0.4, -0.2) is 4.98 Å². The van der Waals surface area contributed by atoms with Gasteiger partial charge in [-0.15, -0.1) is 0 Å². The second-order valence-corrected chi connectivity index (χ2v) is 5.68. The molecule has 1 unspecified atom stereocenters. The fourth-order valence-corrected chi connectivity index (χ4v) is 2.75. The molecule has 1 rings (SSSR count). The number of aromatic nitrogens is 1. The van der Waals surface area contributed by atoms with Crippen LogP contribution in [0.15, 0.2) is 24.5 Å². The lowest BCUT2D eigenvalue weighted by Gasteiger charge is -2.17. The Labute approximate surface area is 119 Å². The van der Waals surface area contributed by atoms with Crippen molar-refractivity contribution in [3.05, 3.63) is 30.1 Å². The van der Waals surface area contributed by atoms with Gasteiger partial charge in [-0.2, -0.15) is 0 Å². The van der Waals surface area contributed by atoms with E-state index in [0.29, 0.717) is 0 Å². The first-order chi connectivity index (χ1) is 9.38. The van der Waals surface area contributed by atoms with Crippen molar-refractivity contribution in [1.29, 1.82) is 0 Å². The molecule has 1 nitrogen and oxygen atoms in total.